The van der Waals surface area contributed by atoms with Gasteiger partial charge >= 0.3 is 0 Å². The molecule has 6 heteroatoms. The van der Waals surface area contributed by atoms with Crippen LogP contribution in [0.15, 0.2) is 48.5 Å². The second-order valence-electron chi connectivity index (χ2n) is 9.89. The number of fused-ring (bicyclic) bond motifs is 3. The number of methoxy groups -OCH3 is 1. The monoisotopic (exact) mass is 466 g/mol. The maximum absolute atomic E-state index is 11.2. The van der Waals surface area contributed by atoms with Crippen LogP contribution < -0.4 is 9.47 Å². The van der Waals surface area contributed by atoms with Crippen LogP contribution >= 0.6 is 0 Å². The number of benzene rings is 2. The third-order valence-corrected chi connectivity index (χ3v) is 7.92. The van der Waals surface area contributed by atoms with Crippen molar-refractivity contribution in [2.24, 2.45) is 0 Å². The van der Waals surface area contributed by atoms with Crippen LogP contribution in [0, 0.1) is 0 Å². The Kier molecular flexibility index (Phi) is 7.11. The summed E-state index contributed by atoms with van der Waals surface area (Å²) in [6.07, 6.45) is 2.52. The first-order valence-corrected chi connectivity index (χ1v) is 12.8. The zero-order valence-electron chi connectivity index (χ0n) is 20.5. The van der Waals surface area contributed by atoms with E-state index in [0.717, 1.165) is 70.0 Å². The summed E-state index contributed by atoms with van der Waals surface area (Å²) in [5, 5.41) is 11.2. The van der Waals surface area contributed by atoms with Crippen LogP contribution in [0.3, 0.4) is 0 Å². The number of hydrogen-bond acceptors (Lipinski definition) is 6. The minimum Gasteiger partial charge on any atom is -0.497 e. The molecule has 2 heterocycles. The fraction of sp³-hybridized carbons (Fsp3) is 0.571. The first-order valence-electron chi connectivity index (χ1n) is 12.8. The topological polar surface area (TPSA) is 54.4 Å². The highest BCUT2D eigenvalue weighted by atomic mass is 16.5. The summed E-state index contributed by atoms with van der Waals surface area (Å²) < 4.78 is 18.2. The van der Waals surface area contributed by atoms with E-state index in [-0.39, 0.29) is 12.0 Å². The van der Waals surface area contributed by atoms with E-state index in [1.54, 1.807) is 7.11 Å². The Bertz CT molecular complexity index is 947. The molecule has 2 fully saturated rings. The lowest BCUT2D eigenvalue weighted by Crippen LogP contribution is -2.61. The van der Waals surface area contributed by atoms with E-state index in [1.807, 2.05) is 12.1 Å². The molecule has 4 unspecified atom stereocenters. The maximum atomic E-state index is 11.2. The Labute approximate surface area is 203 Å². The highest BCUT2D eigenvalue weighted by Gasteiger charge is 2.55. The lowest BCUT2D eigenvalue weighted by atomic mass is 9.71. The molecule has 1 N–H and O–H groups in total. The molecule has 0 amide bonds. The Morgan fingerprint density at radius 3 is 2.56 bits per heavy atom. The van der Waals surface area contributed by atoms with Gasteiger partial charge in [-0.3, -0.25) is 9.80 Å². The van der Waals surface area contributed by atoms with Crippen molar-refractivity contribution in [3.05, 3.63) is 59.7 Å². The molecule has 0 radical (unpaired) electrons. The molecule has 2 aromatic carbocycles. The van der Waals surface area contributed by atoms with E-state index in [0.29, 0.717) is 6.61 Å². The third-order valence-electron chi connectivity index (χ3n) is 7.92. The van der Waals surface area contributed by atoms with Gasteiger partial charge in [-0.05, 0) is 49.9 Å². The summed E-state index contributed by atoms with van der Waals surface area (Å²) in [5.74, 6) is 1.97. The van der Waals surface area contributed by atoms with Crippen molar-refractivity contribution in [2.45, 2.75) is 49.9 Å². The van der Waals surface area contributed by atoms with Gasteiger partial charge in [0.05, 0.1) is 19.3 Å². The Balaban J connectivity index is 1.24. The number of aliphatic hydroxyl groups excluding tert-OH is 1. The maximum Gasteiger partial charge on any atom is 0.154 e. The number of nitrogens with zero attached hydrogens (tertiary/aromatic N) is 2. The molecule has 2 aromatic rings. The van der Waals surface area contributed by atoms with Gasteiger partial charge in [-0.2, -0.15) is 0 Å². The quantitative estimate of drug-likeness (QED) is 0.638. The highest BCUT2D eigenvalue weighted by molar-refractivity contribution is 5.48. The van der Waals surface area contributed by atoms with E-state index >= 15 is 0 Å². The van der Waals surface area contributed by atoms with Crippen LogP contribution in [0.1, 0.15) is 49.3 Å². The Morgan fingerprint density at radius 1 is 1.06 bits per heavy atom. The lowest BCUT2D eigenvalue weighted by Gasteiger charge is -2.46. The Morgan fingerprint density at radius 2 is 1.82 bits per heavy atom. The van der Waals surface area contributed by atoms with Crippen molar-refractivity contribution in [1.82, 2.24) is 9.80 Å². The van der Waals surface area contributed by atoms with E-state index in [9.17, 15) is 5.11 Å². The van der Waals surface area contributed by atoms with Gasteiger partial charge in [-0.25, -0.2) is 0 Å². The van der Waals surface area contributed by atoms with Gasteiger partial charge in [0.25, 0.3) is 0 Å². The smallest absolute Gasteiger partial charge is 0.154 e. The molecule has 1 saturated heterocycles. The van der Waals surface area contributed by atoms with Gasteiger partial charge in [-0.15, -0.1) is 0 Å². The van der Waals surface area contributed by atoms with Crippen molar-refractivity contribution in [3.8, 4) is 11.5 Å². The Hall–Kier alpha value is -2.12. The summed E-state index contributed by atoms with van der Waals surface area (Å²) in [4.78, 5) is 4.99. The third kappa shape index (κ3) is 4.57. The number of hydrogen-bond donors (Lipinski definition) is 1. The summed E-state index contributed by atoms with van der Waals surface area (Å²) in [5.41, 5.74) is 1.87. The molecule has 6 nitrogen and oxygen atoms in total. The summed E-state index contributed by atoms with van der Waals surface area (Å²) >= 11 is 0. The summed E-state index contributed by atoms with van der Waals surface area (Å²) in [6.45, 7) is 8.37. The molecule has 1 saturated carbocycles. The van der Waals surface area contributed by atoms with E-state index in [2.05, 4.69) is 53.1 Å². The molecule has 2 aliphatic heterocycles. The van der Waals surface area contributed by atoms with Gasteiger partial charge in [0.15, 0.2) is 5.60 Å². The molecule has 0 spiro atoms. The molecule has 4 atom stereocenters. The molecule has 34 heavy (non-hydrogen) atoms. The van der Waals surface area contributed by atoms with Crippen LogP contribution in [0.5, 0.6) is 11.5 Å². The molecule has 0 aromatic heterocycles. The zero-order valence-corrected chi connectivity index (χ0v) is 20.5. The van der Waals surface area contributed by atoms with Crippen LogP contribution in [-0.2, 0) is 4.74 Å². The molecular weight excluding hydrogens is 428 g/mol. The van der Waals surface area contributed by atoms with E-state index in [1.165, 1.54) is 11.1 Å². The number of rotatable bonds is 8. The van der Waals surface area contributed by atoms with Crippen molar-refractivity contribution in [3.63, 3.8) is 0 Å². The highest BCUT2D eigenvalue weighted by Crippen LogP contribution is 2.53. The first kappa shape index (κ1) is 23.6. The average molecular weight is 467 g/mol. The fourth-order valence-corrected chi connectivity index (χ4v) is 6.10. The standard InChI is InChI=1S/C28H38N2O4/c1-3-33-26(21-8-5-4-6-9-21)19-29-14-16-30(17-15-29)20-28-24(10-7-11-27(28)31)23-18-22(32-2)12-13-25(23)34-28/h4-6,8-9,12-13,18,24,26-27,31H,3,7,10-11,14-17,19-20H2,1-2H3. The van der Waals surface area contributed by atoms with Gasteiger partial charge in [0.1, 0.15) is 11.5 Å². The minimum absolute atomic E-state index is 0.100. The van der Waals surface area contributed by atoms with Crippen LogP contribution in [0.25, 0.3) is 0 Å². The molecule has 1 aliphatic carbocycles. The summed E-state index contributed by atoms with van der Waals surface area (Å²) in [7, 11) is 1.70. The molecule has 184 valence electrons. The van der Waals surface area contributed by atoms with Gasteiger partial charge in [-0.1, -0.05) is 30.3 Å². The van der Waals surface area contributed by atoms with Gasteiger partial charge in [0.2, 0.25) is 0 Å². The first-order chi connectivity index (χ1) is 16.6. The van der Waals surface area contributed by atoms with Crippen LogP contribution in [0.4, 0.5) is 0 Å². The average Bonchev–Trinajstić information content (AvgIpc) is 3.20. The number of aliphatic hydroxyl groups is 1. The zero-order chi connectivity index (χ0) is 23.5. The largest absolute Gasteiger partial charge is 0.497 e. The minimum atomic E-state index is -0.562. The van der Waals surface area contributed by atoms with Crippen molar-refractivity contribution < 1.29 is 19.3 Å². The molecule has 5 rings (SSSR count). The van der Waals surface area contributed by atoms with Crippen LogP contribution in [-0.4, -0.2) is 79.6 Å². The molecule has 3 aliphatic rings. The predicted octanol–water partition coefficient (Wildman–Crippen LogP) is 3.85. The SMILES string of the molecule is CCOC(CN1CCN(CC23Oc4ccc(OC)cc4C2CCCC3O)CC1)c1ccccc1. The second-order valence-corrected chi connectivity index (χ2v) is 9.89. The lowest BCUT2D eigenvalue weighted by molar-refractivity contribution is -0.0998. The van der Waals surface area contributed by atoms with E-state index < -0.39 is 11.7 Å². The fourth-order valence-electron chi connectivity index (χ4n) is 6.10. The van der Waals surface area contributed by atoms with Crippen LogP contribution in [0.2, 0.25) is 0 Å². The number of ether oxygens (including phenoxy) is 3. The van der Waals surface area contributed by atoms with Gasteiger partial charge in [0, 0.05) is 57.4 Å². The second kappa shape index (κ2) is 10.2. The van der Waals surface area contributed by atoms with E-state index in [4.69, 9.17) is 14.2 Å². The normalized spacial score (nSPS) is 28.1. The summed E-state index contributed by atoms with van der Waals surface area (Å²) in [6, 6.07) is 16.6. The predicted molar refractivity (Wildman–Crippen MR) is 133 cm³/mol. The number of piperazine rings is 1. The van der Waals surface area contributed by atoms with Crippen molar-refractivity contribution in [1.29, 1.82) is 0 Å². The molecular formula is C28H38N2O4. The van der Waals surface area contributed by atoms with Crippen molar-refractivity contribution >= 4 is 0 Å². The molecule has 0 bridgehead atoms. The van der Waals surface area contributed by atoms with Gasteiger partial charge < -0.3 is 19.3 Å². The van der Waals surface area contributed by atoms with Crippen molar-refractivity contribution in [2.75, 3.05) is 53.0 Å².